The second-order valence-corrected chi connectivity index (χ2v) is 7.58. The maximum Gasteiger partial charge on any atom is 0.416 e. The molecule has 0 heterocycles. The van der Waals surface area contributed by atoms with Gasteiger partial charge in [0.25, 0.3) is 5.69 Å². The van der Waals surface area contributed by atoms with Gasteiger partial charge in [-0.25, -0.2) is 8.42 Å². The minimum absolute atomic E-state index is 0.0181. The predicted octanol–water partition coefficient (Wildman–Crippen LogP) is 4.28. The molecule has 0 spiro atoms. The Labute approximate surface area is 155 Å². The maximum absolute atomic E-state index is 12.7. The Morgan fingerprint density at radius 3 is 2.22 bits per heavy atom. The summed E-state index contributed by atoms with van der Waals surface area (Å²) in [5, 5.41) is 10.5. The van der Waals surface area contributed by atoms with Gasteiger partial charge in [0.05, 0.1) is 15.5 Å². The number of aldehydes is 1. The molecule has 0 aliphatic heterocycles. The van der Waals surface area contributed by atoms with Gasteiger partial charge in [0.15, 0.2) is 16.1 Å². The third kappa shape index (κ3) is 4.37. The second kappa shape index (κ2) is 7.16. The monoisotopic (exact) mass is 423 g/mol. The van der Waals surface area contributed by atoms with Crippen LogP contribution in [0.1, 0.15) is 15.9 Å². The van der Waals surface area contributed by atoms with Gasteiger partial charge in [-0.1, -0.05) is 11.6 Å². The molecule has 0 saturated heterocycles. The quantitative estimate of drug-likeness (QED) is 0.404. The van der Waals surface area contributed by atoms with Crippen LogP contribution in [0.2, 0.25) is 5.02 Å². The summed E-state index contributed by atoms with van der Waals surface area (Å²) in [7, 11) is -4.18. The fraction of sp³-hybridized carbons (Fsp3) is 0.133. The molecule has 144 valence electrons. The summed E-state index contributed by atoms with van der Waals surface area (Å²) < 4.78 is 67.4. The highest BCUT2D eigenvalue weighted by Gasteiger charge is 2.32. The number of rotatable bonds is 5. The van der Waals surface area contributed by atoms with Gasteiger partial charge in [-0.3, -0.25) is 14.9 Å². The Morgan fingerprint density at radius 1 is 1.19 bits per heavy atom. The molecule has 0 aliphatic rings. The van der Waals surface area contributed by atoms with Crippen molar-refractivity contribution in [1.82, 2.24) is 0 Å². The van der Waals surface area contributed by atoms with E-state index in [2.05, 4.69) is 0 Å². The molecule has 27 heavy (non-hydrogen) atoms. The SMILES string of the molecule is CS(=O)(=O)c1c(Oc2ccc(C(F)(F)F)cc2Cl)ccc([N+](=O)[O-])c1C=O. The lowest BCUT2D eigenvalue weighted by Gasteiger charge is -2.14. The first-order valence-corrected chi connectivity index (χ1v) is 9.14. The minimum Gasteiger partial charge on any atom is -0.454 e. The molecule has 0 unspecified atom stereocenters. The normalized spacial score (nSPS) is 11.9. The van der Waals surface area contributed by atoms with Gasteiger partial charge >= 0.3 is 6.18 Å². The number of ether oxygens (including phenoxy) is 1. The van der Waals surface area contributed by atoms with Crippen molar-refractivity contribution in [3.8, 4) is 11.5 Å². The molecule has 0 N–H and O–H groups in total. The summed E-state index contributed by atoms with van der Waals surface area (Å²) in [6.45, 7) is 0. The van der Waals surface area contributed by atoms with E-state index in [1.165, 1.54) is 0 Å². The van der Waals surface area contributed by atoms with E-state index >= 15 is 0 Å². The highest BCUT2D eigenvalue weighted by atomic mass is 35.5. The molecule has 2 aromatic carbocycles. The predicted molar refractivity (Wildman–Crippen MR) is 88.1 cm³/mol. The topological polar surface area (TPSA) is 104 Å². The number of hydrogen-bond acceptors (Lipinski definition) is 6. The zero-order valence-electron chi connectivity index (χ0n) is 13.3. The van der Waals surface area contributed by atoms with Gasteiger partial charge in [0.2, 0.25) is 0 Å². The second-order valence-electron chi connectivity index (χ2n) is 5.22. The summed E-state index contributed by atoms with van der Waals surface area (Å²) >= 11 is 5.76. The number of nitrogens with zero attached hydrogens (tertiary/aromatic N) is 1. The Bertz CT molecular complexity index is 1040. The first-order valence-electron chi connectivity index (χ1n) is 6.87. The van der Waals surface area contributed by atoms with Crippen LogP contribution in [0.15, 0.2) is 35.2 Å². The third-order valence-electron chi connectivity index (χ3n) is 3.30. The summed E-state index contributed by atoms with van der Waals surface area (Å²) in [6, 6.07) is 3.84. The van der Waals surface area contributed by atoms with Crippen molar-refractivity contribution in [2.24, 2.45) is 0 Å². The van der Waals surface area contributed by atoms with Crippen LogP contribution in [0, 0.1) is 10.1 Å². The van der Waals surface area contributed by atoms with Crippen molar-refractivity contribution in [3.05, 3.63) is 56.6 Å². The zero-order chi connectivity index (χ0) is 20.6. The van der Waals surface area contributed by atoms with Crippen molar-refractivity contribution in [2.75, 3.05) is 6.26 Å². The van der Waals surface area contributed by atoms with E-state index in [-0.39, 0.29) is 12.0 Å². The number of carbonyl (C=O) groups excluding carboxylic acids is 1. The summed E-state index contributed by atoms with van der Waals surface area (Å²) in [5.74, 6) is -0.827. The van der Waals surface area contributed by atoms with Gasteiger partial charge in [-0.2, -0.15) is 13.2 Å². The Balaban J connectivity index is 2.64. The number of halogens is 4. The molecule has 2 rings (SSSR count). The van der Waals surface area contributed by atoms with E-state index in [9.17, 15) is 36.5 Å². The molecule has 0 amide bonds. The van der Waals surface area contributed by atoms with E-state index in [4.69, 9.17) is 16.3 Å². The fourth-order valence-corrected chi connectivity index (χ4v) is 3.43. The number of alkyl halides is 3. The van der Waals surface area contributed by atoms with Crippen LogP contribution in [-0.2, 0) is 16.0 Å². The molecule has 0 aromatic heterocycles. The molecule has 0 atom stereocenters. The van der Waals surface area contributed by atoms with Crippen LogP contribution in [-0.4, -0.2) is 25.9 Å². The fourth-order valence-electron chi connectivity index (χ4n) is 2.18. The van der Waals surface area contributed by atoms with Crippen LogP contribution >= 0.6 is 11.6 Å². The van der Waals surface area contributed by atoms with Crippen molar-refractivity contribution in [2.45, 2.75) is 11.1 Å². The standard InChI is InChI=1S/C15H9ClF3NO6S/c1-27(24,25)14-9(7-21)11(20(22)23)3-5-13(14)26-12-4-2-8(6-10(12)16)15(17,18)19/h2-7H,1H3. The molecule has 0 fully saturated rings. The smallest absolute Gasteiger partial charge is 0.416 e. The lowest BCUT2D eigenvalue weighted by molar-refractivity contribution is -0.385. The van der Waals surface area contributed by atoms with Gasteiger partial charge < -0.3 is 4.74 Å². The number of sulfone groups is 1. The van der Waals surface area contributed by atoms with Crippen LogP contribution in [0.4, 0.5) is 18.9 Å². The molecule has 0 radical (unpaired) electrons. The lowest BCUT2D eigenvalue weighted by Crippen LogP contribution is -2.08. The first-order chi connectivity index (χ1) is 12.4. The van der Waals surface area contributed by atoms with Gasteiger partial charge in [0.1, 0.15) is 22.0 Å². The van der Waals surface area contributed by atoms with Crippen LogP contribution in [0.25, 0.3) is 0 Å². The molecule has 12 heteroatoms. The Kier molecular flexibility index (Phi) is 5.47. The van der Waals surface area contributed by atoms with Gasteiger partial charge in [-0.15, -0.1) is 0 Å². The molecule has 0 saturated carbocycles. The molecular formula is C15H9ClF3NO6S. The van der Waals surface area contributed by atoms with E-state index in [1.807, 2.05) is 0 Å². The van der Waals surface area contributed by atoms with Crippen molar-refractivity contribution >= 4 is 33.4 Å². The van der Waals surface area contributed by atoms with Crippen molar-refractivity contribution < 1.29 is 36.0 Å². The third-order valence-corrected chi connectivity index (χ3v) is 4.76. The van der Waals surface area contributed by atoms with E-state index in [0.717, 1.165) is 18.2 Å². The van der Waals surface area contributed by atoms with E-state index in [1.54, 1.807) is 0 Å². The highest BCUT2D eigenvalue weighted by molar-refractivity contribution is 7.90. The minimum atomic E-state index is -4.65. The summed E-state index contributed by atoms with van der Waals surface area (Å²) in [4.78, 5) is 20.5. The number of nitro benzene ring substituents is 1. The number of nitro groups is 1. The Morgan fingerprint density at radius 2 is 1.78 bits per heavy atom. The molecule has 2 aromatic rings. The van der Waals surface area contributed by atoms with Crippen molar-refractivity contribution in [1.29, 1.82) is 0 Å². The van der Waals surface area contributed by atoms with Gasteiger partial charge in [-0.05, 0) is 24.3 Å². The van der Waals surface area contributed by atoms with Crippen LogP contribution in [0.5, 0.6) is 11.5 Å². The van der Waals surface area contributed by atoms with Crippen LogP contribution in [0.3, 0.4) is 0 Å². The maximum atomic E-state index is 12.7. The van der Waals surface area contributed by atoms with Crippen molar-refractivity contribution in [3.63, 3.8) is 0 Å². The lowest BCUT2D eigenvalue weighted by atomic mass is 10.2. The zero-order valence-corrected chi connectivity index (χ0v) is 14.9. The number of carbonyl (C=O) groups is 1. The molecular weight excluding hydrogens is 415 g/mol. The van der Waals surface area contributed by atoms with Gasteiger partial charge in [0, 0.05) is 12.3 Å². The first kappa shape index (κ1) is 20.6. The number of benzene rings is 2. The average molecular weight is 424 g/mol. The highest BCUT2D eigenvalue weighted by Crippen LogP contribution is 2.40. The van der Waals surface area contributed by atoms with Crippen LogP contribution < -0.4 is 4.74 Å². The van der Waals surface area contributed by atoms with E-state index in [0.29, 0.717) is 18.4 Å². The molecule has 0 bridgehead atoms. The summed E-state index contributed by atoms with van der Waals surface area (Å²) in [5.41, 5.74) is -2.57. The molecule has 0 aliphatic carbocycles. The van der Waals surface area contributed by atoms with E-state index < -0.39 is 53.4 Å². The number of hydrogen-bond donors (Lipinski definition) is 0. The average Bonchev–Trinajstić information content (AvgIpc) is 2.53. The summed E-state index contributed by atoms with van der Waals surface area (Å²) in [6.07, 6.45) is -3.98. The molecule has 7 nitrogen and oxygen atoms in total. The largest absolute Gasteiger partial charge is 0.454 e. The Hall–Kier alpha value is -2.66.